The zero-order valence-corrected chi connectivity index (χ0v) is 16.0. The van der Waals surface area contributed by atoms with Crippen molar-refractivity contribution < 1.29 is 4.79 Å². The molecule has 1 amide bonds. The van der Waals surface area contributed by atoms with Crippen LogP contribution in [0.15, 0.2) is 48.8 Å². The minimum Gasteiger partial charge on any atom is -0.321 e. The third kappa shape index (κ3) is 4.76. The highest BCUT2D eigenvalue weighted by molar-refractivity contribution is 6.05. The molecule has 1 N–H and O–H groups in total. The topological polar surface area (TPSA) is 67.8 Å². The third-order valence-electron chi connectivity index (χ3n) is 4.40. The number of nitrogens with one attached hydrogen (secondary N) is 1. The third-order valence-corrected chi connectivity index (χ3v) is 4.40. The summed E-state index contributed by atoms with van der Waals surface area (Å²) in [7, 11) is 0. The van der Waals surface area contributed by atoms with Crippen molar-refractivity contribution in [2.45, 2.75) is 40.0 Å². The molecule has 0 aliphatic heterocycles. The molecule has 1 aromatic carbocycles. The summed E-state index contributed by atoms with van der Waals surface area (Å²) in [4.78, 5) is 26.0. The summed E-state index contributed by atoms with van der Waals surface area (Å²) >= 11 is 0. The van der Waals surface area contributed by atoms with E-state index in [9.17, 15) is 4.79 Å². The van der Waals surface area contributed by atoms with Gasteiger partial charge in [0.15, 0.2) is 0 Å². The van der Waals surface area contributed by atoms with Gasteiger partial charge in [0.1, 0.15) is 5.82 Å². The first kappa shape index (κ1) is 18.7. The molecule has 27 heavy (non-hydrogen) atoms. The van der Waals surface area contributed by atoms with Crippen LogP contribution in [-0.2, 0) is 19.3 Å². The second kappa shape index (κ2) is 8.54. The Hall–Kier alpha value is -3.08. The van der Waals surface area contributed by atoms with E-state index in [0.29, 0.717) is 17.7 Å². The van der Waals surface area contributed by atoms with Crippen LogP contribution in [0.25, 0.3) is 0 Å². The number of anilines is 1. The molecule has 0 aliphatic rings. The van der Waals surface area contributed by atoms with E-state index in [1.807, 2.05) is 38.1 Å². The molecule has 0 aliphatic carbocycles. The second-order valence-corrected chi connectivity index (χ2v) is 6.49. The Balaban J connectivity index is 1.87. The smallest absolute Gasteiger partial charge is 0.255 e. The summed E-state index contributed by atoms with van der Waals surface area (Å²) in [5.41, 5.74) is 5.41. The van der Waals surface area contributed by atoms with Gasteiger partial charge in [0.25, 0.3) is 5.91 Å². The Morgan fingerprint density at radius 3 is 2.63 bits per heavy atom. The molecule has 0 bridgehead atoms. The largest absolute Gasteiger partial charge is 0.321 e. The first-order valence-corrected chi connectivity index (χ1v) is 9.25. The maximum absolute atomic E-state index is 12.8. The van der Waals surface area contributed by atoms with Crippen molar-refractivity contribution in [2.75, 3.05) is 5.32 Å². The van der Waals surface area contributed by atoms with E-state index in [1.54, 1.807) is 18.5 Å². The molecule has 0 saturated carbocycles. The van der Waals surface area contributed by atoms with Crippen molar-refractivity contribution in [2.24, 2.45) is 0 Å². The van der Waals surface area contributed by atoms with Crippen LogP contribution in [0.5, 0.6) is 0 Å². The van der Waals surface area contributed by atoms with E-state index < -0.39 is 0 Å². The summed E-state index contributed by atoms with van der Waals surface area (Å²) in [5.74, 6) is 0.663. The minimum absolute atomic E-state index is 0.124. The Labute approximate surface area is 159 Å². The van der Waals surface area contributed by atoms with Crippen LogP contribution >= 0.6 is 0 Å². The Morgan fingerprint density at radius 2 is 1.93 bits per heavy atom. The van der Waals surface area contributed by atoms with Gasteiger partial charge in [-0.3, -0.25) is 9.78 Å². The fraction of sp³-hybridized carbons (Fsp3) is 0.273. The van der Waals surface area contributed by atoms with Gasteiger partial charge in [-0.25, -0.2) is 9.97 Å². The Bertz CT molecular complexity index is 938. The number of carbonyl (C=O) groups is 1. The molecule has 5 nitrogen and oxygen atoms in total. The van der Waals surface area contributed by atoms with Crippen molar-refractivity contribution in [3.8, 4) is 0 Å². The number of aryl methyl sites for hydroxylation is 3. The van der Waals surface area contributed by atoms with Gasteiger partial charge in [-0.05, 0) is 55.2 Å². The fourth-order valence-electron chi connectivity index (χ4n) is 3.03. The van der Waals surface area contributed by atoms with Crippen molar-refractivity contribution in [1.82, 2.24) is 15.0 Å². The van der Waals surface area contributed by atoms with Gasteiger partial charge < -0.3 is 5.32 Å². The summed E-state index contributed by atoms with van der Waals surface area (Å²) in [6.45, 7) is 6.12. The average molecular weight is 360 g/mol. The molecule has 0 fully saturated rings. The van der Waals surface area contributed by atoms with Gasteiger partial charge in [-0.2, -0.15) is 0 Å². The Morgan fingerprint density at radius 1 is 1.07 bits per heavy atom. The molecule has 0 spiro atoms. The molecular formula is C22H24N4O. The fourth-order valence-corrected chi connectivity index (χ4v) is 3.03. The lowest BCUT2D eigenvalue weighted by molar-refractivity contribution is 0.102. The van der Waals surface area contributed by atoms with Gasteiger partial charge in [-0.1, -0.05) is 26.0 Å². The molecule has 2 heterocycles. The molecule has 5 heteroatoms. The number of nitrogens with zero attached hydrogens (tertiary/aromatic N) is 3. The van der Waals surface area contributed by atoms with Gasteiger partial charge in [0, 0.05) is 29.6 Å². The van der Waals surface area contributed by atoms with Crippen LogP contribution in [0.3, 0.4) is 0 Å². The van der Waals surface area contributed by atoms with Crippen molar-refractivity contribution in [1.29, 1.82) is 0 Å². The minimum atomic E-state index is -0.124. The van der Waals surface area contributed by atoms with E-state index in [0.717, 1.165) is 41.2 Å². The van der Waals surface area contributed by atoms with Gasteiger partial charge in [0.05, 0.1) is 11.9 Å². The lowest BCUT2D eigenvalue weighted by Crippen LogP contribution is -2.15. The normalized spacial score (nSPS) is 10.6. The highest BCUT2D eigenvalue weighted by Gasteiger charge is 2.13. The van der Waals surface area contributed by atoms with Crippen LogP contribution in [0, 0.1) is 6.92 Å². The lowest BCUT2D eigenvalue weighted by atomic mass is 9.99. The highest BCUT2D eigenvalue weighted by atomic mass is 16.1. The second-order valence-electron chi connectivity index (χ2n) is 6.49. The number of carbonyl (C=O) groups excluding carboxylic acids is 1. The monoisotopic (exact) mass is 360 g/mol. The SMILES string of the molecule is CCc1cc(C)nc(Cc2ccc(CC)c(C(=O)Nc3cccnc3)c2)n1. The predicted octanol–water partition coefficient (Wildman–Crippen LogP) is 4.15. The van der Waals surface area contributed by atoms with Crippen molar-refractivity contribution in [3.05, 3.63) is 82.7 Å². The molecule has 3 aromatic rings. The molecule has 138 valence electrons. The van der Waals surface area contributed by atoms with E-state index in [-0.39, 0.29) is 5.91 Å². The zero-order chi connectivity index (χ0) is 19.2. The van der Waals surface area contributed by atoms with E-state index >= 15 is 0 Å². The average Bonchev–Trinajstić information content (AvgIpc) is 2.68. The molecule has 2 aromatic heterocycles. The van der Waals surface area contributed by atoms with Crippen molar-refractivity contribution in [3.63, 3.8) is 0 Å². The van der Waals surface area contributed by atoms with Crippen LogP contribution < -0.4 is 5.32 Å². The maximum atomic E-state index is 12.8. The number of benzene rings is 1. The number of hydrogen-bond acceptors (Lipinski definition) is 4. The molecule has 0 unspecified atom stereocenters. The number of aromatic nitrogens is 3. The van der Waals surface area contributed by atoms with Crippen LogP contribution in [-0.4, -0.2) is 20.9 Å². The zero-order valence-electron chi connectivity index (χ0n) is 16.0. The summed E-state index contributed by atoms with van der Waals surface area (Å²) < 4.78 is 0. The van der Waals surface area contributed by atoms with E-state index in [2.05, 4.69) is 33.3 Å². The standard InChI is InChI=1S/C22H24N4O/c1-4-17-9-8-16(13-21-24-15(3)11-18(5-2)25-21)12-20(17)22(27)26-19-7-6-10-23-14-19/h6-12,14H,4-5,13H2,1-3H3,(H,26,27). The van der Waals surface area contributed by atoms with Crippen LogP contribution in [0.2, 0.25) is 0 Å². The summed E-state index contributed by atoms with van der Waals surface area (Å²) in [5, 5.41) is 2.92. The highest BCUT2D eigenvalue weighted by Crippen LogP contribution is 2.17. The first-order valence-electron chi connectivity index (χ1n) is 9.25. The number of hydrogen-bond donors (Lipinski definition) is 1. The molecule has 0 atom stereocenters. The predicted molar refractivity (Wildman–Crippen MR) is 107 cm³/mol. The summed E-state index contributed by atoms with van der Waals surface area (Å²) in [6, 6.07) is 11.7. The first-order chi connectivity index (χ1) is 13.1. The van der Waals surface area contributed by atoms with Crippen LogP contribution in [0.1, 0.15) is 52.5 Å². The van der Waals surface area contributed by atoms with E-state index in [1.165, 1.54) is 0 Å². The molecule has 3 rings (SSSR count). The molecule has 0 saturated heterocycles. The Kier molecular flexibility index (Phi) is 5.91. The maximum Gasteiger partial charge on any atom is 0.255 e. The van der Waals surface area contributed by atoms with Gasteiger partial charge in [0.2, 0.25) is 0 Å². The summed E-state index contributed by atoms with van der Waals surface area (Å²) in [6.07, 6.45) is 5.59. The van der Waals surface area contributed by atoms with E-state index in [4.69, 9.17) is 0 Å². The number of amides is 1. The quantitative estimate of drug-likeness (QED) is 0.717. The van der Waals surface area contributed by atoms with Crippen LogP contribution in [0.4, 0.5) is 5.69 Å². The molecule has 0 radical (unpaired) electrons. The molecular weight excluding hydrogens is 336 g/mol. The number of pyridine rings is 1. The lowest BCUT2D eigenvalue weighted by Gasteiger charge is -2.11. The number of rotatable bonds is 6. The van der Waals surface area contributed by atoms with Gasteiger partial charge in [-0.15, -0.1) is 0 Å². The van der Waals surface area contributed by atoms with Crippen molar-refractivity contribution >= 4 is 11.6 Å². The van der Waals surface area contributed by atoms with Gasteiger partial charge >= 0.3 is 0 Å².